The number of hydrogen-bond acceptors (Lipinski definition) is 5. The van der Waals surface area contributed by atoms with Crippen LogP contribution in [0, 0.1) is 20.8 Å². The summed E-state index contributed by atoms with van der Waals surface area (Å²) in [5.74, 6) is 0.553. The predicted octanol–water partition coefficient (Wildman–Crippen LogP) is 3.71. The monoisotopic (exact) mass is 320 g/mol. The van der Waals surface area contributed by atoms with E-state index >= 15 is 0 Å². The molecule has 0 aliphatic carbocycles. The molecule has 2 aromatic heterocycles. The lowest BCUT2D eigenvalue weighted by Crippen LogP contribution is -1.93. The zero-order valence-electron chi connectivity index (χ0n) is 13.6. The highest BCUT2D eigenvalue weighted by atomic mass is 16.3. The van der Waals surface area contributed by atoms with Gasteiger partial charge in [-0.2, -0.15) is 0 Å². The van der Waals surface area contributed by atoms with E-state index in [2.05, 4.69) is 15.2 Å². The van der Waals surface area contributed by atoms with Crippen LogP contribution in [0.25, 0.3) is 28.2 Å². The molecular weight excluding hydrogens is 304 g/mol. The maximum atomic E-state index is 10.5. The summed E-state index contributed by atoms with van der Waals surface area (Å²) >= 11 is 0. The molecular formula is C18H16N4O2. The fourth-order valence-electron chi connectivity index (χ4n) is 2.70. The molecule has 4 aromatic rings. The SMILES string of the molecule is Cc1cc2nc(-c3cc(-n4cnnc4)cc(C)c3O)oc2cc1C. The highest BCUT2D eigenvalue weighted by molar-refractivity contribution is 5.80. The van der Waals surface area contributed by atoms with Gasteiger partial charge in [-0.25, -0.2) is 4.98 Å². The van der Waals surface area contributed by atoms with Gasteiger partial charge >= 0.3 is 0 Å². The van der Waals surface area contributed by atoms with Crippen molar-refractivity contribution in [3.63, 3.8) is 0 Å². The molecule has 2 aromatic carbocycles. The molecule has 4 rings (SSSR count). The normalized spacial score (nSPS) is 11.3. The Morgan fingerprint density at radius 1 is 0.917 bits per heavy atom. The van der Waals surface area contributed by atoms with Crippen LogP contribution in [0.5, 0.6) is 5.75 Å². The quantitative estimate of drug-likeness (QED) is 0.609. The van der Waals surface area contributed by atoms with Crippen molar-refractivity contribution in [2.75, 3.05) is 0 Å². The summed E-state index contributed by atoms with van der Waals surface area (Å²) in [5, 5.41) is 18.1. The Kier molecular flexibility index (Phi) is 3.13. The van der Waals surface area contributed by atoms with Gasteiger partial charge in [0.2, 0.25) is 5.89 Å². The average molecular weight is 320 g/mol. The van der Waals surface area contributed by atoms with Crippen LogP contribution in [0.15, 0.2) is 41.3 Å². The van der Waals surface area contributed by atoms with Crippen molar-refractivity contribution in [3.8, 4) is 22.9 Å². The van der Waals surface area contributed by atoms with Gasteiger partial charge in [0.05, 0.1) is 5.56 Å². The van der Waals surface area contributed by atoms with Crippen LogP contribution < -0.4 is 0 Å². The number of phenols is 1. The van der Waals surface area contributed by atoms with Crippen LogP contribution in [0.4, 0.5) is 0 Å². The number of oxazole rings is 1. The molecule has 0 fully saturated rings. The summed E-state index contributed by atoms with van der Waals surface area (Å²) in [5.41, 5.74) is 5.89. The standard InChI is InChI=1S/C18H16N4O2/c1-10-5-15-16(6-11(10)2)24-18(21-15)14-7-13(4-12(3)17(14)23)22-8-19-20-9-22/h4-9,23H,1-3H3. The van der Waals surface area contributed by atoms with Gasteiger partial charge in [0, 0.05) is 5.69 Å². The van der Waals surface area contributed by atoms with E-state index in [1.807, 2.05) is 45.0 Å². The van der Waals surface area contributed by atoms with Gasteiger partial charge in [0.15, 0.2) is 5.58 Å². The van der Waals surface area contributed by atoms with Crippen LogP contribution in [-0.2, 0) is 0 Å². The van der Waals surface area contributed by atoms with E-state index in [-0.39, 0.29) is 5.75 Å². The van der Waals surface area contributed by atoms with Crippen LogP contribution in [0.1, 0.15) is 16.7 Å². The number of hydrogen-bond donors (Lipinski definition) is 1. The summed E-state index contributed by atoms with van der Waals surface area (Å²) in [6.07, 6.45) is 3.21. The molecule has 120 valence electrons. The number of nitrogens with zero attached hydrogens (tertiary/aromatic N) is 4. The Balaban J connectivity index is 1.92. The fraction of sp³-hybridized carbons (Fsp3) is 0.167. The summed E-state index contributed by atoms with van der Waals surface area (Å²) in [7, 11) is 0. The Hall–Kier alpha value is -3.15. The van der Waals surface area contributed by atoms with Crippen molar-refractivity contribution in [3.05, 3.63) is 53.6 Å². The third-order valence-electron chi connectivity index (χ3n) is 4.24. The van der Waals surface area contributed by atoms with Gasteiger partial charge in [-0.1, -0.05) is 0 Å². The lowest BCUT2D eigenvalue weighted by molar-refractivity contribution is 0.470. The first kappa shape index (κ1) is 14.4. The number of fused-ring (bicyclic) bond motifs is 1. The minimum atomic E-state index is 0.159. The first-order valence-electron chi connectivity index (χ1n) is 7.59. The number of phenolic OH excluding ortho intramolecular Hbond substituents is 1. The molecule has 0 unspecified atom stereocenters. The van der Waals surface area contributed by atoms with Gasteiger partial charge in [-0.05, 0) is 61.7 Å². The fourth-order valence-corrected chi connectivity index (χ4v) is 2.70. The minimum Gasteiger partial charge on any atom is -0.507 e. The minimum absolute atomic E-state index is 0.159. The Morgan fingerprint density at radius 3 is 2.38 bits per heavy atom. The topological polar surface area (TPSA) is 77.0 Å². The van der Waals surface area contributed by atoms with Gasteiger partial charge in [0.1, 0.15) is 23.9 Å². The molecule has 6 heteroatoms. The Labute approximate surface area is 138 Å². The van der Waals surface area contributed by atoms with E-state index in [0.717, 1.165) is 27.9 Å². The van der Waals surface area contributed by atoms with E-state index in [1.54, 1.807) is 17.2 Å². The molecule has 0 atom stereocenters. The Bertz CT molecular complexity index is 1010. The number of aromatic nitrogens is 4. The lowest BCUT2D eigenvalue weighted by Gasteiger charge is -2.08. The van der Waals surface area contributed by atoms with Gasteiger partial charge in [0.25, 0.3) is 0 Å². The lowest BCUT2D eigenvalue weighted by atomic mass is 10.1. The van der Waals surface area contributed by atoms with Crippen molar-refractivity contribution >= 4 is 11.1 Å². The summed E-state index contributed by atoms with van der Waals surface area (Å²) in [6, 6.07) is 7.63. The van der Waals surface area contributed by atoms with Gasteiger partial charge < -0.3 is 9.52 Å². The molecule has 0 saturated carbocycles. The van der Waals surface area contributed by atoms with Crippen LogP contribution in [0.2, 0.25) is 0 Å². The Morgan fingerprint density at radius 2 is 1.62 bits per heavy atom. The maximum absolute atomic E-state index is 10.5. The molecule has 1 N–H and O–H groups in total. The second-order valence-corrected chi connectivity index (χ2v) is 5.95. The molecule has 0 amide bonds. The summed E-state index contributed by atoms with van der Waals surface area (Å²) < 4.78 is 7.66. The van der Waals surface area contributed by atoms with E-state index in [4.69, 9.17) is 4.42 Å². The largest absolute Gasteiger partial charge is 0.507 e. The summed E-state index contributed by atoms with van der Waals surface area (Å²) in [4.78, 5) is 4.54. The number of rotatable bonds is 2. The molecule has 0 aliphatic rings. The second kappa shape index (κ2) is 5.19. The summed E-state index contributed by atoms with van der Waals surface area (Å²) in [6.45, 7) is 5.91. The van der Waals surface area contributed by atoms with Crippen LogP contribution in [0.3, 0.4) is 0 Å². The zero-order valence-corrected chi connectivity index (χ0v) is 13.6. The third-order valence-corrected chi connectivity index (χ3v) is 4.24. The highest BCUT2D eigenvalue weighted by Gasteiger charge is 2.16. The van der Waals surface area contributed by atoms with Crippen LogP contribution in [-0.4, -0.2) is 24.9 Å². The van der Waals surface area contributed by atoms with Crippen molar-refractivity contribution in [2.45, 2.75) is 20.8 Å². The number of aromatic hydroxyl groups is 1. The zero-order chi connectivity index (χ0) is 16.8. The van der Waals surface area contributed by atoms with E-state index in [1.165, 1.54) is 0 Å². The van der Waals surface area contributed by atoms with Crippen LogP contribution >= 0.6 is 0 Å². The molecule has 6 nitrogen and oxygen atoms in total. The molecule has 0 aliphatic heterocycles. The van der Waals surface area contributed by atoms with Gasteiger partial charge in [-0.3, -0.25) is 4.57 Å². The first-order valence-corrected chi connectivity index (χ1v) is 7.59. The second-order valence-electron chi connectivity index (χ2n) is 5.95. The van der Waals surface area contributed by atoms with E-state index in [0.29, 0.717) is 17.0 Å². The predicted molar refractivity (Wildman–Crippen MR) is 90.2 cm³/mol. The van der Waals surface area contributed by atoms with E-state index < -0.39 is 0 Å². The molecule has 24 heavy (non-hydrogen) atoms. The number of aryl methyl sites for hydroxylation is 3. The maximum Gasteiger partial charge on any atom is 0.231 e. The molecule has 0 spiro atoms. The molecule has 0 radical (unpaired) electrons. The highest BCUT2D eigenvalue weighted by Crippen LogP contribution is 2.35. The smallest absolute Gasteiger partial charge is 0.231 e. The van der Waals surface area contributed by atoms with Crippen molar-refractivity contribution in [2.24, 2.45) is 0 Å². The molecule has 0 saturated heterocycles. The van der Waals surface area contributed by atoms with Gasteiger partial charge in [-0.15, -0.1) is 10.2 Å². The average Bonchev–Trinajstić information content (AvgIpc) is 3.20. The molecule has 2 heterocycles. The molecule has 0 bridgehead atoms. The van der Waals surface area contributed by atoms with E-state index in [9.17, 15) is 5.11 Å². The third kappa shape index (κ3) is 2.23. The number of benzene rings is 2. The first-order chi connectivity index (χ1) is 11.5. The van der Waals surface area contributed by atoms with Crippen molar-refractivity contribution < 1.29 is 9.52 Å². The van der Waals surface area contributed by atoms with Crippen molar-refractivity contribution in [1.29, 1.82) is 0 Å². The van der Waals surface area contributed by atoms with Crippen molar-refractivity contribution in [1.82, 2.24) is 19.7 Å².